The predicted octanol–water partition coefficient (Wildman–Crippen LogP) is 3.85. The van der Waals surface area contributed by atoms with Gasteiger partial charge in [0, 0.05) is 23.7 Å². The highest BCUT2D eigenvalue weighted by Gasteiger charge is 2.36. The Bertz CT molecular complexity index is 1130. The molecule has 1 fully saturated rings. The Morgan fingerprint density at radius 1 is 1.10 bits per heavy atom. The second-order valence-corrected chi connectivity index (χ2v) is 9.70. The molecule has 2 heterocycles. The molecule has 1 aliphatic heterocycles. The molecule has 1 aromatic heterocycles. The summed E-state index contributed by atoms with van der Waals surface area (Å²) in [4.78, 5) is 16.7. The molecule has 9 heteroatoms. The van der Waals surface area contributed by atoms with Gasteiger partial charge in [0.05, 0.1) is 11.1 Å². The summed E-state index contributed by atoms with van der Waals surface area (Å²) in [5.74, 6) is 0.355. The van der Waals surface area contributed by atoms with E-state index in [0.29, 0.717) is 23.7 Å². The zero-order chi connectivity index (χ0) is 21.8. The SMILES string of the molecule is O=C1NCCCC[C@H]1N(Cc1ccc(-c2cnco2)cc1)S(=O)(=O)c1ccc(Cl)cc1. The third-order valence-corrected chi connectivity index (χ3v) is 7.40. The average Bonchev–Trinajstić information content (AvgIpc) is 3.22. The number of aromatic nitrogens is 1. The molecule has 0 bridgehead atoms. The van der Waals surface area contributed by atoms with Crippen LogP contribution in [-0.4, -0.2) is 36.2 Å². The highest BCUT2D eigenvalue weighted by molar-refractivity contribution is 7.89. The number of sulfonamides is 1. The van der Waals surface area contributed by atoms with Gasteiger partial charge in [-0.3, -0.25) is 4.79 Å². The summed E-state index contributed by atoms with van der Waals surface area (Å²) in [5, 5.41) is 3.28. The minimum Gasteiger partial charge on any atom is -0.444 e. The van der Waals surface area contributed by atoms with Crippen molar-refractivity contribution in [3.8, 4) is 11.3 Å². The van der Waals surface area contributed by atoms with Crippen LogP contribution in [0.15, 0.2) is 70.4 Å². The quantitative estimate of drug-likeness (QED) is 0.604. The first-order chi connectivity index (χ1) is 14.9. The van der Waals surface area contributed by atoms with E-state index in [2.05, 4.69) is 10.3 Å². The van der Waals surface area contributed by atoms with E-state index in [1.165, 1.54) is 35.0 Å². The molecule has 0 saturated carbocycles. The van der Waals surface area contributed by atoms with Crippen LogP contribution in [0.5, 0.6) is 0 Å². The van der Waals surface area contributed by atoms with Crippen LogP contribution in [0.2, 0.25) is 5.02 Å². The number of amides is 1. The molecule has 7 nitrogen and oxygen atoms in total. The molecule has 1 amide bonds. The van der Waals surface area contributed by atoms with Gasteiger partial charge in [0.2, 0.25) is 15.9 Å². The van der Waals surface area contributed by atoms with Crippen molar-refractivity contribution in [1.29, 1.82) is 0 Å². The lowest BCUT2D eigenvalue weighted by Gasteiger charge is -2.29. The summed E-state index contributed by atoms with van der Waals surface area (Å²) < 4.78 is 33.7. The van der Waals surface area contributed by atoms with Crippen molar-refractivity contribution in [1.82, 2.24) is 14.6 Å². The van der Waals surface area contributed by atoms with E-state index in [0.717, 1.165) is 24.0 Å². The Kier molecular flexibility index (Phi) is 6.41. The Balaban J connectivity index is 1.68. The molecular weight excluding hydrogens is 438 g/mol. The molecule has 1 aliphatic rings. The highest BCUT2D eigenvalue weighted by atomic mass is 35.5. The number of carbonyl (C=O) groups excluding carboxylic acids is 1. The van der Waals surface area contributed by atoms with Crippen molar-refractivity contribution in [2.24, 2.45) is 0 Å². The molecule has 1 N–H and O–H groups in total. The van der Waals surface area contributed by atoms with Crippen molar-refractivity contribution in [3.63, 3.8) is 0 Å². The smallest absolute Gasteiger partial charge is 0.244 e. The monoisotopic (exact) mass is 459 g/mol. The van der Waals surface area contributed by atoms with E-state index in [1.807, 2.05) is 24.3 Å². The number of nitrogens with one attached hydrogen (secondary N) is 1. The molecule has 31 heavy (non-hydrogen) atoms. The highest BCUT2D eigenvalue weighted by Crippen LogP contribution is 2.27. The lowest BCUT2D eigenvalue weighted by Crippen LogP contribution is -2.48. The fraction of sp³-hybridized carbons (Fsp3) is 0.273. The fourth-order valence-corrected chi connectivity index (χ4v) is 5.35. The summed E-state index contributed by atoms with van der Waals surface area (Å²) >= 11 is 5.94. The average molecular weight is 460 g/mol. The first kappa shape index (κ1) is 21.5. The maximum atomic E-state index is 13.5. The Morgan fingerprint density at radius 3 is 2.52 bits per heavy atom. The largest absolute Gasteiger partial charge is 0.444 e. The summed E-state index contributed by atoms with van der Waals surface area (Å²) in [6, 6.07) is 12.6. The van der Waals surface area contributed by atoms with Crippen molar-refractivity contribution in [2.45, 2.75) is 36.7 Å². The number of carbonyl (C=O) groups is 1. The fourth-order valence-electron chi connectivity index (χ4n) is 3.62. The van der Waals surface area contributed by atoms with Gasteiger partial charge in [0.1, 0.15) is 6.04 Å². The number of rotatable bonds is 6. The zero-order valence-corrected chi connectivity index (χ0v) is 18.3. The van der Waals surface area contributed by atoms with Gasteiger partial charge < -0.3 is 9.73 Å². The van der Waals surface area contributed by atoms with Crippen LogP contribution < -0.4 is 5.32 Å². The van der Waals surface area contributed by atoms with E-state index < -0.39 is 16.1 Å². The predicted molar refractivity (Wildman–Crippen MR) is 117 cm³/mol. The second kappa shape index (κ2) is 9.21. The summed E-state index contributed by atoms with van der Waals surface area (Å²) in [5.41, 5.74) is 1.60. The Labute approximate surface area is 186 Å². The molecule has 0 radical (unpaired) electrons. The lowest BCUT2D eigenvalue weighted by molar-refractivity contribution is -0.124. The van der Waals surface area contributed by atoms with Gasteiger partial charge in [0.15, 0.2) is 12.2 Å². The van der Waals surface area contributed by atoms with Gasteiger partial charge in [-0.05, 0) is 49.1 Å². The van der Waals surface area contributed by atoms with E-state index in [-0.39, 0.29) is 17.3 Å². The van der Waals surface area contributed by atoms with Crippen molar-refractivity contribution in [2.75, 3.05) is 6.54 Å². The Hall–Kier alpha value is -2.68. The maximum absolute atomic E-state index is 13.5. The standard InChI is InChI=1S/C22H22ClN3O4S/c23-18-8-10-19(11-9-18)31(28,29)26(20-3-1-2-12-25-22(20)27)14-16-4-6-17(7-5-16)21-13-24-15-30-21/h4-11,13,15,20H,1-3,12,14H2,(H,25,27)/t20-/m1/s1. The summed E-state index contributed by atoms with van der Waals surface area (Å²) in [6.07, 6.45) is 5.02. The van der Waals surface area contributed by atoms with Crippen molar-refractivity contribution in [3.05, 3.63) is 71.7 Å². The number of benzene rings is 2. The van der Waals surface area contributed by atoms with Crippen LogP contribution in [0.4, 0.5) is 0 Å². The molecule has 0 spiro atoms. The second-order valence-electron chi connectivity index (χ2n) is 7.37. The molecule has 0 aliphatic carbocycles. The first-order valence-electron chi connectivity index (χ1n) is 9.98. The maximum Gasteiger partial charge on any atom is 0.244 e. The number of halogens is 1. The number of nitrogens with zero attached hydrogens (tertiary/aromatic N) is 2. The molecule has 4 rings (SSSR count). The molecule has 162 valence electrons. The van der Waals surface area contributed by atoms with E-state index in [9.17, 15) is 13.2 Å². The van der Waals surface area contributed by atoms with E-state index in [4.69, 9.17) is 16.0 Å². The molecule has 1 atom stereocenters. The minimum atomic E-state index is -3.93. The third-order valence-electron chi connectivity index (χ3n) is 5.28. The Morgan fingerprint density at radius 2 is 1.84 bits per heavy atom. The normalized spacial score (nSPS) is 17.4. The van der Waals surface area contributed by atoms with Crippen molar-refractivity contribution >= 4 is 27.5 Å². The van der Waals surface area contributed by atoms with Gasteiger partial charge in [0.25, 0.3) is 0 Å². The summed E-state index contributed by atoms with van der Waals surface area (Å²) in [7, 11) is -3.93. The van der Waals surface area contributed by atoms with Crippen LogP contribution in [0, 0.1) is 0 Å². The topological polar surface area (TPSA) is 92.5 Å². The van der Waals surface area contributed by atoms with Gasteiger partial charge >= 0.3 is 0 Å². The van der Waals surface area contributed by atoms with Gasteiger partial charge in [-0.25, -0.2) is 13.4 Å². The molecule has 0 unspecified atom stereocenters. The van der Waals surface area contributed by atoms with E-state index >= 15 is 0 Å². The minimum absolute atomic E-state index is 0.0692. The number of oxazole rings is 1. The zero-order valence-electron chi connectivity index (χ0n) is 16.7. The molecular formula is C22H22ClN3O4S. The van der Waals surface area contributed by atoms with Crippen LogP contribution in [0.3, 0.4) is 0 Å². The van der Waals surface area contributed by atoms with Gasteiger partial charge in [-0.1, -0.05) is 35.9 Å². The third kappa shape index (κ3) is 4.81. The van der Waals surface area contributed by atoms with Gasteiger partial charge in [-0.2, -0.15) is 4.31 Å². The first-order valence-corrected chi connectivity index (χ1v) is 11.8. The van der Waals surface area contributed by atoms with E-state index in [1.54, 1.807) is 6.20 Å². The van der Waals surface area contributed by atoms with Crippen LogP contribution in [0.25, 0.3) is 11.3 Å². The molecule has 1 saturated heterocycles. The number of hydrogen-bond donors (Lipinski definition) is 1. The van der Waals surface area contributed by atoms with Crippen LogP contribution in [0.1, 0.15) is 24.8 Å². The van der Waals surface area contributed by atoms with Crippen LogP contribution in [-0.2, 0) is 21.4 Å². The number of hydrogen-bond acceptors (Lipinski definition) is 5. The van der Waals surface area contributed by atoms with Crippen molar-refractivity contribution < 1.29 is 17.6 Å². The van der Waals surface area contributed by atoms with Crippen LogP contribution >= 0.6 is 11.6 Å². The van der Waals surface area contributed by atoms with Gasteiger partial charge in [-0.15, -0.1) is 0 Å². The summed E-state index contributed by atoms with van der Waals surface area (Å²) in [6.45, 7) is 0.621. The molecule has 2 aromatic carbocycles. The molecule has 3 aromatic rings. The lowest BCUT2D eigenvalue weighted by atomic mass is 10.1.